The molecule has 2 unspecified atom stereocenters. The zero-order chi connectivity index (χ0) is 9.26. The van der Waals surface area contributed by atoms with Gasteiger partial charge in [-0.1, -0.05) is 19.1 Å². The molecule has 1 fully saturated rings. The van der Waals surface area contributed by atoms with Crippen LogP contribution in [0.1, 0.15) is 39.0 Å². The van der Waals surface area contributed by atoms with Crippen molar-refractivity contribution in [1.29, 1.82) is 0 Å². The second-order valence-corrected chi connectivity index (χ2v) is 4.30. The molecule has 0 heterocycles. The highest BCUT2D eigenvalue weighted by Crippen LogP contribution is 2.38. The fourth-order valence-corrected chi connectivity index (χ4v) is 2.61. The van der Waals surface area contributed by atoms with Crippen molar-refractivity contribution < 1.29 is 4.79 Å². The highest BCUT2D eigenvalue weighted by molar-refractivity contribution is 5.83. The van der Waals surface area contributed by atoms with Gasteiger partial charge in [-0.25, -0.2) is 0 Å². The van der Waals surface area contributed by atoms with Crippen LogP contribution in [0.3, 0.4) is 0 Å². The molecule has 0 spiro atoms. The topological polar surface area (TPSA) is 17.1 Å². The molecule has 71 valence electrons. The van der Waals surface area contributed by atoms with E-state index in [4.69, 9.17) is 0 Å². The van der Waals surface area contributed by atoms with Crippen molar-refractivity contribution in [1.82, 2.24) is 0 Å². The van der Waals surface area contributed by atoms with Crippen molar-refractivity contribution in [2.45, 2.75) is 39.0 Å². The number of ketones is 1. The van der Waals surface area contributed by atoms with Crippen LogP contribution in [-0.2, 0) is 4.79 Å². The number of rotatable bonds is 0. The summed E-state index contributed by atoms with van der Waals surface area (Å²) in [5.74, 6) is 2.83. The Bertz CT molecular complexity index is 229. The second-order valence-electron chi connectivity index (χ2n) is 4.30. The molecule has 13 heavy (non-hydrogen) atoms. The highest BCUT2D eigenvalue weighted by atomic mass is 16.1. The third kappa shape index (κ3) is 1.70. The van der Waals surface area contributed by atoms with Gasteiger partial charge in [-0.05, 0) is 37.5 Å². The Balaban J connectivity index is 2.21. The highest BCUT2D eigenvalue weighted by Gasteiger charge is 2.33. The molecule has 0 amide bonds. The maximum atomic E-state index is 11.7. The summed E-state index contributed by atoms with van der Waals surface area (Å²) in [5.41, 5.74) is 0. The first kappa shape index (κ1) is 8.98. The van der Waals surface area contributed by atoms with Crippen LogP contribution in [-0.4, -0.2) is 5.78 Å². The first-order valence-electron chi connectivity index (χ1n) is 5.31. The molecule has 0 saturated heterocycles. The third-order valence-electron chi connectivity index (χ3n) is 3.42. The molecule has 2 aliphatic carbocycles. The monoisotopic (exact) mass is 177 g/mol. The smallest absolute Gasteiger partial charge is 0.140 e. The van der Waals surface area contributed by atoms with Gasteiger partial charge in [0.1, 0.15) is 5.78 Å². The molecule has 1 saturated carbocycles. The number of carbonyl (C=O) groups is 1. The quantitative estimate of drug-likeness (QED) is 0.520. The average Bonchev–Trinajstić information content (AvgIpc) is 2.29. The summed E-state index contributed by atoms with van der Waals surface area (Å²) in [5, 5.41) is 0. The van der Waals surface area contributed by atoms with Gasteiger partial charge in [-0.3, -0.25) is 4.79 Å². The maximum absolute atomic E-state index is 11.7. The average molecular weight is 177 g/mol. The van der Waals surface area contributed by atoms with Gasteiger partial charge < -0.3 is 0 Å². The fourth-order valence-electron chi connectivity index (χ4n) is 2.61. The lowest BCUT2D eigenvalue weighted by Crippen LogP contribution is -2.25. The minimum Gasteiger partial charge on any atom is -0.299 e. The molecule has 0 bridgehead atoms. The summed E-state index contributed by atoms with van der Waals surface area (Å²) >= 11 is 0. The zero-order valence-corrected chi connectivity index (χ0v) is 8.25. The first-order valence-corrected chi connectivity index (χ1v) is 5.31. The lowest BCUT2D eigenvalue weighted by atomic mass is 9.75. The van der Waals surface area contributed by atoms with Crippen LogP contribution in [0.4, 0.5) is 0 Å². The van der Waals surface area contributed by atoms with Crippen molar-refractivity contribution in [2.24, 2.45) is 11.8 Å². The Morgan fingerprint density at radius 1 is 1.38 bits per heavy atom. The van der Waals surface area contributed by atoms with Crippen LogP contribution in [0.2, 0.25) is 0 Å². The van der Waals surface area contributed by atoms with E-state index in [1.807, 2.05) is 0 Å². The molecular formula is C12H17O. The number of hydrogen-bond acceptors (Lipinski definition) is 1. The van der Waals surface area contributed by atoms with Crippen LogP contribution < -0.4 is 0 Å². The van der Waals surface area contributed by atoms with Gasteiger partial charge in [0.25, 0.3) is 0 Å². The van der Waals surface area contributed by atoms with E-state index in [9.17, 15) is 4.79 Å². The van der Waals surface area contributed by atoms with E-state index >= 15 is 0 Å². The first-order chi connectivity index (χ1) is 6.29. The van der Waals surface area contributed by atoms with Gasteiger partial charge in [0.2, 0.25) is 0 Å². The lowest BCUT2D eigenvalue weighted by molar-refractivity contribution is -0.122. The van der Waals surface area contributed by atoms with Gasteiger partial charge in [0.05, 0.1) is 0 Å². The molecule has 0 aromatic rings. The summed E-state index contributed by atoms with van der Waals surface area (Å²) in [4.78, 5) is 11.7. The Labute approximate surface area is 80.2 Å². The SMILES string of the molecule is C[C]1CCCC(=O)C2C=CCCC12. The summed E-state index contributed by atoms with van der Waals surface area (Å²) in [6, 6.07) is 0. The Morgan fingerprint density at radius 2 is 2.23 bits per heavy atom. The van der Waals surface area contributed by atoms with Gasteiger partial charge in [-0.2, -0.15) is 0 Å². The van der Waals surface area contributed by atoms with Gasteiger partial charge in [0, 0.05) is 12.3 Å². The van der Waals surface area contributed by atoms with E-state index in [2.05, 4.69) is 19.1 Å². The molecule has 2 atom stereocenters. The fraction of sp³-hybridized carbons (Fsp3) is 0.667. The predicted octanol–water partition coefficient (Wildman–Crippen LogP) is 2.92. The Kier molecular flexibility index (Phi) is 2.52. The van der Waals surface area contributed by atoms with Gasteiger partial charge >= 0.3 is 0 Å². The summed E-state index contributed by atoms with van der Waals surface area (Å²) < 4.78 is 0. The van der Waals surface area contributed by atoms with E-state index in [0.717, 1.165) is 19.3 Å². The van der Waals surface area contributed by atoms with Crippen LogP contribution in [0.15, 0.2) is 12.2 Å². The van der Waals surface area contributed by atoms with Gasteiger partial charge in [-0.15, -0.1) is 0 Å². The molecule has 2 rings (SSSR count). The molecular weight excluding hydrogens is 160 g/mol. The molecule has 1 heteroatoms. The number of allylic oxidation sites excluding steroid dienone is 2. The van der Waals surface area contributed by atoms with Crippen molar-refractivity contribution in [2.75, 3.05) is 0 Å². The van der Waals surface area contributed by atoms with Crippen molar-refractivity contribution in [3.63, 3.8) is 0 Å². The predicted molar refractivity (Wildman–Crippen MR) is 53.1 cm³/mol. The number of carbonyl (C=O) groups excluding carboxylic acids is 1. The Morgan fingerprint density at radius 3 is 3.08 bits per heavy atom. The van der Waals surface area contributed by atoms with Crippen LogP contribution in [0, 0.1) is 17.8 Å². The lowest BCUT2D eigenvalue weighted by Gasteiger charge is -2.28. The number of Topliss-reactive ketones (excluding diaryl/α,β-unsaturated/α-hetero) is 1. The number of hydrogen-bond donors (Lipinski definition) is 0. The van der Waals surface area contributed by atoms with Crippen molar-refractivity contribution in [3.05, 3.63) is 18.1 Å². The van der Waals surface area contributed by atoms with Crippen molar-refractivity contribution in [3.8, 4) is 0 Å². The molecule has 0 aromatic heterocycles. The van der Waals surface area contributed by atoms with E-state index in [0.29, 0.717) is 11.7 Å². The normalized spacial score (nSPS) is 35.6. The number of fused-ring (bicyclic) bond motifs is 1. The molecule has 1 nitrogen and oxygen atoms in total. The van der Waals surface area contributed by atoms with E-state index in [1.54, 1.807) is 5.92 Å². The van der Waals surface area contributed by atoms with Gasteiger partial charge in [0.15, 0.2) is 0 Å². The summed E-state index contributed by atoms with van der Waals surface area (Å²) in [7, 11) is 0. The van der Waals surface area contributed by atoms with Crippen LogP contribution in [0.25, 0.3) is 0 Å². The molecule has 1 radical (unpaired) electrons. The maximum Gasteiger partial charge on any atom is 0.140 e. The largest absolute Gasteiger partial charge is 0.299 e. The molecule has 2 aliphatic rings. The minimum absolute atomic E-state index is 0.233. The van der Waals surface area contributed by atoms with E-state index in [-0.39, 0.29) is 5.92 Å². The summed E-state index contributed by atoms with van der Waals surface area (Å²) in [6.45, 7) is 2.23. The van der Waals surface area contributed by atoms with Crippen LogP contribution >= 0.6 is 0 Å². The molecule has 0 N–H and O–H groups in total. The summed E-state index contributed by atoms with van der Waals surface area (Å²) in [6.07, 6.45) is 9.71. The van der Waals surface area contributed by atoms with Crippen molar-refractivity contribution >= 4 is 5.78 Å². The zero-order valence-electron chi connectivity index (χ0n) is 8.25. The standard InChI is InChI=1S/C12H17O/c1-9-5-4-8-12(13)11-7-3-2-6-10(9)11/h3,7,10-11H,2,4-6,8H2,1H3. The Hall–Kier alpha value is -0.590. The molecule has 0 aromatic carbocycles. The molecule has 0 aliphatic heterocycles. The minimum atomic E-state index is 0.233. The third-order valence-corrected chi connectivity index (χ3v) is 3.42. The second kappa shape index (κ2) is 3.65. The van der Waals surface area contributed by atoms with Crippen LogP contribution in [0.5, 0.6) is 0 Å². The van der Waals surface area contributed by atoms with E-state index in [1.165, 1.54) is 12.8 Å². The van der Waals surface area contributed by atoms with E-state index < -0.39 is 0 Å².